The first-order valence-electron chi connectivity index (χ1n) is 4.42. The minimum absolute atomic E-state index is 0.0916. The van der Waals surface area contributed by atoms with Crippen LogP contribution in [0, 0.1) is 11.8 Å². The molecule has 0 aliphatic heterocycles. The van der Waals surface area contributed by atoms with Gasteiger partial charge in [-0.2, -0.15) is 0 Å². The fraction of sp³-hybridized carbons (Fsp3) is 0.500. The summed E-state index contributed by atoms with van der Waals surface area (Å²) in [6.45, 7) is 10.0. The summed E-state index contributed by atoms with van der Waals surface area (Å²) >= 11 is 0. The summed E-state index contributed by atoms with van der Waals surface area (Å²) in [6, 6.07) is 0. The van der Waals surface area contributed by atoms with E-state index in [4.69, 9.17) is 5.11 Å². The summed E-state index contributed by atoms with van der Waals surface area (Å²) in [5, 5.41) is 8.84. The van der Waals surface area contributed by atoms with Gasteiger partial charge in [-0.1, -0.05) is 17.4 Å². The van der Waals surface area contributed by atoms with Crippen LogP contribution in [0.5, 0.6) is 0 Å². The van der Waals surface area contributed by atoms with Crippen LogP contribution in [0.4, 0.5) is 0 Å². The standard InChI is InChI=1S/C12H18O/c1-9(2)10(3)6-7-11(4)12(5)8-13/h13H,8H2,1-5H3. The molecule has 0 heterocycles. The van der Waals surface area contributed by atoms with E-state index in [9.17, 15) is 0 Å². The number of aliphatic hydroxyl groups excluding tert-OH is 1. The summed E-state index contributed by atoms with van der Waals surface area (Å²) in [7, 11) is 0. The van der Waals surface area contributed by atoms with Crippen molar-refractivity contribution < 1.29 is 5.11 Å². The van der Waals surface area contributed by atoms with E-state index in [1.807, 2.05) is 34.6 Å². The van der Waals surface area contributed by atoms with Crippen LogP contribution < -0.4 is 0 Å². The maximum atomic E-state index is 8.84. The van der Waals surface area contributed by atoms with Crippen molar-refractivity contribution in [2.24, 2.45) is 0 Å². The molecule has 0 saturated carbocycles. The lowest BCUT2D eigenvalue weighted by atomic mass is 10.1. The smallest absolute Gasteiger partial charge is 0.0650 e. The second-order valence-electron chi connectivity index (χ2n) is 3.44. The highest BCUT2D eigenvalue weighted by Gasteiger charge is 1.90. The third kappa shape index (κ3) is 4.55. The molecule has 0 aromatic rings. The predicted octanol–water partition coefficient (Wildman–Crippen LogP) is 2.67. The third-order valence-electron chi connectivity index (χ3n) is 2.06. The first-order chi connectivity index (χ1) is 5.99. The van der Waals surface area contributed by atoms with Gasteiger partial charge in [-0.25, -0.2) is 0 Å². The van der Waals surface area contributed by atoms with E-state index in [2.05, 4.69) is 11.8 Å². The second kappa shape index (κ2) is 5.61. The van der Waals surface area contributed by atoms with Crippen LogP contribution in [-0.4, -0.2) is 11.7 Å². The fourth-order valence-electron chi connectivity index (χ4n) is 0.538. The van der Waals surface area contributed by atoms with E-state index in [0.29, 0.717) is 0 Å². The van der Waals surface area contributed by atoms with Crippen molar-refractivity contribution in [2.45, 2.75) is 34.6 Å². The van der Waals surface area contributed by atoms with E-state index >= 15 is 0 Å². The van der Waals surface area contributed by atoms with Gasteiger partial charge >= 0.3 is 0 Å². The second-order valence-corrected chi connectivity index (χ2v) is 3.44. The van der Waals surface area contributed by atoms with E-state index in [0.717, 1.165) is 16.7 Å². The molecule has 0 unspecified atom stereocenters. The van der Waals surface area contributed by atoms with E-state index < -0.39 is 0 Å². The molecule has 0 saturated heterocycles. The molecule has 0 aromatic heterocycles. The Kier molecular flexibility index (Phi) is 5.18. The summed E-state index contributed by atoms with van der Waals surface area (Å²) in [4.78, 5) is 0. The van der Waals surface area contributed by atoms with Crippen molar-refractivity contribution in [3.8, 4) is 11.8 Å². The Labute approximate surface area is 81.2 Å². The van der Waals surface area contributed by atoms with Gasteiger partial charge in [-0.05, 0) is 45.8 Å². The molecule has 0 aliphatic carbocycles. The van der Waals surface area contributed by atoms with Crippen LogP contribution in [0.3, 0.4) is 0 Å². The van der Waals surface area contributed by atoms with E-state index in [-0.39, 0.29) is 6.61 Å². The Morgan fingerprint density at radius 2 is 1.38 bits per heavy atom. The minimum atomic E-state index is 0.0916. The number of hydrogen-bond donors (Lipinski definition) is 1. The van der Waals surface area contributed by atoms with Crippen LogP contribution in [0.25, 0.3) is 0 Å². The highest BCUT2D eigenvalue weighted by Crippen LogP contribution is 2.03. The lowest BCUT2D eigenvalue weighted by molar-refractivity contribution is 0.330. The molecular weight excluding hydrogens is 160 g/mol. The van der Waals surface area contributed by atoms with Crippen LogP contribution in [-0.2, 0) is 0 Å². The zero-order valence-electron chi connectivity index (χ0n) is 9.15. The van der Waals surface area contributed by atoms with Gasteiger partial charge in [0, 0.05) is 5.57 Å². The van der Waals surface area contributed by atoms with Gasteiger partial charge < -0.3 is 5.11 Å². The van der Waals surface area contributed by atoms with Gasteiger partial charge in [0.05, 0.1) is 6.61 Å². The summed E-state index contributed by atoms with van der Waals surface area (Å²) in [5.74, 6) is 6.08. The zero-order valence-corrected chi connectivity index (χ0v) is 9.15. The largest absolute Gasteiger partial charge is 0.392 e. The molecule has 1 nitrogen and oxygen atoms in total. The van der Waals surface area contributed by atoms with Crippen molar-refractivity contribution in [2.75, 3.05) is 6.61 Å². The Bertz CT molecular complexity index is 291. The molecule has 0 spiro atoms. The number of allylic oxidation sites excluding steroid dienone is 3. The summed E-state index contributed by atoms with van der Waals surface area (Å²) in [6.07, 6.45) is 0. The average molecular weight is 178 g/mol. The maximum Gasteiger partial charge on any atom is 0.0650 e. The predicted molar refractivity (Wildman–Crippen MR) is 57.3 cm³/mol. The molecule has 0 fully saturated rings. The summed E-state index contributed by atoms with van der Waals surface area (Å²) in [5.41, 5.74) is 4.24. The maximum absolute atomic E-state index is 8.84. The minimum Gasteiger partial charge on any atom is -0.392 e. The highest BCUT2D eigenvalue weighted by atomic mass is 16.3. The third-order valence-corrected chi connectivity index (χ3v) is 2.06. The molecular formula is C12H18O. The Morgan fingerprint density at radius 1 is 0.923 bits per heavy atom. The van der Waals surface area contributed by atoms with Crippen LogP contribution >= 0.6 is 0 Å². The van der Waals surface area contributed by atoms with Crippen LogP contribution in [0.15, 0.2) is 22.3 Å². The van der Waals surface area contributed by atoms with Gasteiger partial charge in [-0.3, -0.25) is 0 Å². The molecule has 72 valence electrons. The normalized spacial score (nSPS) is 11.2. The molecule has 0 radical (unpaired) electrons. The molecule has 0 atom stereocenters. The molecule has 0 bridgehead atoms. The number of rotatable bonds is 1. The van der Waals surface area contributed by atoms with Crippen molar-refractivity contribution in [3.63, 3.8) is 0 Å². The Hall–Kier alpha value is -1.00. The van der Waals surface area contributed by atoms with Gasteiger partial charge in [0.25, 0.3) is 0 Å². The first-order valence-corrected chi connectivity index (χ1v) is 4.42. The molecule has 0 aliphatic rings. The molecule has 0 aromatic carbocycles. The fourth-order valence-corrected chi connectivity index (χ4v) is 0.538. The SMILES string of the molecule is CC(C)=C(C)C#CC(C)=C(C)CO. The van der Waals surface area contributed by atoms with Crippen molar-refractivity contribution in [3.05, 3.63) is 22.3 Å². The number of hydrogen-bond acceptors (Lipinski definition) is 1. The quantitative estimate of drug-likeness (QED) is 0.612. The van der Waals surface area contributed by atoms with E-state index in [1.54, 1.807) is 0 Å². The zero-order chi connectivity index (χ0) is 10.4. The molecule has 13 heavy (non-hydrogen) atoms. The monoisotopic (exact) mass is 178 g/mol. The Morgan fingerprint density at radius 3 is 1.77 bits per heavy atom. The summed E-state index contributed by atoms with van der Waals surface area (Å²) < 4.78 is 0. The molecule has 1 heteroatoms. The topological polar surface area (TPSA) is 20.2 Å². The Balaban J connectivity index is 4.72. The highest BCUT2D eigenvalue weighted by molar-refractivity contribution is 5.39. The lowest BCUT2D eigenvalue weighted by Crippen LogP contribution is -1.87. The van der Waals surface area contributed by atoms with Crippen molar-refractivity contribution in [1.82, 2.24) is 0 Å². The van der Waals surface area contributed by atoms with Crippen molar-refractivity contribution >= 4 is 0 Å². The van der Waals surface area contributed by atoms with Crippen LogP contribution in [0.1, 0.15) is 34.6 Å². The molecule has 0 amide bonds. The van der Waals surface area contributed by atoms with E-state index in [1.165, 1.54) is 5.57 Å². The average Bonchev–Trinajstić information content (AvgIpc) is 2.11. The van der Waals surface area contributed by atoms with Crippen molar-refractivity contribution in [1.29, 1.82) is 0 Å². The van der Waals surface area contributed by atoms with Crippen LogP contribution in [0.2, 0.25) is 0 Å². The molecule has 0 rings (SSSR count). The van der Waals surface area contributed by atoms with Gasteiger partial charge in [0.15, 0.2) is 0 Å². The number of aliphatic hydroxyl groups is 1. The lowest BCUT2D eigenvalue weighted by Gasteiger charge is -1.96. The van der Waals surface area contributed by atoms with Gasteiger partial charge in [0.1, 0.15) is 0 Å². The van der Waals surface area contributed by atoms with Gasteiger partial charge in [0.2, 0.25) is 0 Å². The first kappa shape index (κ1) is 12.0. The van der Waals surface area contributed by atoms with Gasteiger partial charge in [-0.15, -0.1) is 0 Å². The molecule has 1 N–H and O–H groups in total.